The molecule has 2 N–H and O–H groups in total. The van der Waals surface area contributed by atoms with Gasteiger partial charge in [-0.25, -0.2) is 4.39 Å². The lowest BCUT2D eigenvalue weighted by molar-refractivity contribution is -0.140. The zero-order valence-electron chi connectivity index (χ0n) is 17.6. The quantitative estimate of drug-likeness (QED) is 0.656. The van der Waals surface area contributed by atoms with Crippen molar-refractivity contribution in [3.8, 4) is 11.3 Å². The van der Waals surface area contributed by atoms with Crippen molar-refractivity contribution in [1.82, 2.24) is 9.97 Å². The average Bonchev–Trinajstić information content (AvgIpc) is 2.69. The minimum atomic E-state index is -1.06. The van der Waals surface area contributed by atoms with Gasteiger partial charge < -0.3 is 15.2 Å². The molecule has 1 aliphatic rings. The van der Waals surface area contributed by atoms with Gasteiger partial charge in [0, 0.05) is 29.2 Å². The molecule has 31 heavy (non-hydrogen) atoms. The van der Waals surface area contributed by atoms with Crippen LogP contribution in [0, 0.1) is 12.7 Å². The molecule has 3 aromatic rings. The molecule has 6 nitrogen and oxygen atoms in total. The number of anilines is 1. The first-order valence-corrected chi connectivity index (χ1v) is 10.0. The Balaban J connectivity index is 1.63. The Morgan fingerprint density at radius 3 is 2.39 bits per heavy atom. The predicted molar refractivity (Wildman–Crippen MR) is 115 cm³/mol. The highest BCUT2D eigenvalue weighted by molar-refractivity contribution is 5.99. The fraction of sp³-hybridized carbons (Fsp3) is 0.292. The van der Waals surface area contributed by atoms with E-state index < -0.39 is 11.0 Å². The number of amides is 1. The molecular formula is C24H24FN3O3. The van der Waals surface area contributed by atoms with Crippen LogP contribution in [0.25, 0.3) is 11.3 Å². The first kappa shape index (κ1) is 21.1. The second-order valence-electron chi connectivity index (χ2n) is 8.44. The van der Waals surface area contributed by atoms with Crippen molar-refractivity contribution in [3.05, 3.63) is 77.5 Å². The van der Waals surface area contributed by atoms with Gasteiger partial charge in [-0.3, -0.25) is 14.8 Å². The van der Waals surface area contributed by atoms with Crippen LogP contribution in [-0.4, -0.2) is 34.2 Å². The number of rotatable bonds is 5. The maximum Gasteiger partial charge on any atom is 0.241 e. The fourth-order valence-electron chi connectivity index (χ4n) is 3.57. The van der Waals surface area contributed by atoms with E-state index in [4.69, 9.17) is 4.74 Å². The summed E-state index contributed by atoms with van der Waals surface area (Å²) in [6, 6.07) is 11.2. The predicted octanol–water partition coefficient (Wildman–Crippen LogP) is 3.73. The Morgan fingerprint density at radius 2 is 1.84 bits per heavy atom. The molecule has 1 amide bonds. The Labute approximate surface area is 180 Å². The molecule has 0 spiro atoms. The summed E-state index contributed by atoms with van der Waals surface area (Å²) >= 11 is 0. The number of benzene rings is 1. The normalized spacial score (nSPS) is 15.3. The zero-order valence-corrected chi connectivity index (χ0v) is 17.6. The Morgan fingerprint density at radius 1 is 1.13 bits per heavy atom. The second kappa shape index (κ2) is 7.83. The largest absolute Gasteiger partial charge is 0.386 e. The fourth-order valence-corrected chi connectivity index (χ4v) is 3.57. The van der Waals surface area contributed by atoms with Crippen molar-refractivity contribution >= 4 is 11.6 Å². The lowest BCUT2D eigenvalue weighted by Crippen LogP contribution is -2.56. The number of carbonyl (C=O) groups excluding carboxylic acids is 1. The van der Waals surface area contributed by atoms with Crippen molar-refractivity contribution < 1.29 is 19.0 Å². The van der Waals surface area contributed by atoms with E-state index >= 15 is 0 Å². The lowest BCUT2D eigenvalue weighted by Gasteiger charge is -2.39. The third-order valence-corrected chi connectivity index (χ3v) is 5.44. The second-order valence-corrected chi connectivity index (χ2v) is 8.44. The highest BCUT2D eigenvalue weighted by atomic mass is 19.1. The lowest BCUT2D eigenvalue weighted by atomic mass is 9.80. The molecular weight excluding hydrogens is 397 g/mol. The van der Waals surface area contributed by atoms with Crippen LogP contribution in [0.1, 0.15) is 30.7 Å². The van der Waals surface area contributed by atoms with Gasteiger partial charge in [0.2, 0.25) is 5.91 Å². The van der Waals surface area contributed by atoms with Crippen LogP contribution in [0.4, 0.5) is 10.1 Å². The van der Waals surface area contributed by atoms with E-state index in [1.54, 1.807) is 32.3 Å². The summed E-state index contributed by atoms with van der Waals surface area (Å²) in [5, 5.41) is 13.4. The Kier molecular flexibility index (Phi) is 5.33. The molecule has 1 aromatic carbocycles. The molecule has 0 aliphatic carbocycles. The molecule has 0 bridgehead atoms. The van der Waals surface area contributed by atoms with Crippen LogP contribution in [0.2, 0.25) is 0 Å². The Bertz CT molecular complexity index is 1100. The smallest absolute Gasteiger partial charge is 0.241 e. The first-order valence-electron chi connectivity index (χ1n) is 10.0. The third-order valence-electron chi connectivity index (χ3n) is 5.44. The summed E-state index contributed by atoms with van der Waals surface area (Å²) in [7, 11) is 0. The van der Waals surface area contributed by atoms with Gasteiger partial charge in [-0.15, -0.1) is 0 Å². The molecule has 1 fully saturated rings. The van der Waals surface area contributed by atoms with Gasteiger partial charge in [0.1, 0.15) is 11.2 Å². The summed E-state index contributed by atoms with van der Waals surface area (Å²) in [4.78, 5) is 22.1. The Hall–Kier alpha value is -3.16. The molecule has 0 unspecified atom stereocenters. The van der Waals surface area contributed by atoms with Gasteiger partial charge in [-0.1, -0.05) is 0 Å². The van der Waals surface area contributed by atoms with E-state index in [0.29, 0.717) is 22.6 Å². The average molecular weight is 421 g/mol. The molecule has 0 radical (unpaired) electrons. The van der Waals surface area contributed by atoms with Crippen LogP contribution in [0.15, 0.2) is 54.9 Å². The van der Waals surface area contributed by atoms with Gasteiger partial charge in [-0.05, 0) is 68.8 Å². The summed E-state index contributed by atoms with van der Waals surface area (Å²) in [6.07, 6.45) is 3.41. The number of nitrogens with zero attached hydrogens (tertiary/aromatic N) is 2. The van der Waals surface area contributed by atoms with Gasteiger partial charge >= 0.3 is 0 Å². The molecule has 4 rings (SSSR count). The number of ether oxygens (including phenoxy) is 1. The molecule has 1 saturated heterocycles. The third kappa shape index (κ3) is 4.06. The minimum absolute atomic E-state index is 0.212. The van der Waals surface area contributed by atoms with E-state index in [1.807, 2.05) is 19.1 Å². The summed E-state index contributed by atoms with van der Waals surface area (Å²) in [6.45, 7) is 5.78. The molecule has 160 valence electrons. The van der Waals surface area contributed by atoms with E-state index in [1.165, 1.54) is 24.3 Å². The monoisotopic (exact) mass is 421 g/mol. The standard InChI is InChI=1S/C24H24FN3O3/c1-15-10-19(23(2,3)30)21(27-11-15)16-4-9-20(26-12-16)24(13-31-14-24)22(29)28-18-7-5-17(25)6-8-18/h4-12,30H,13-14H2,1-3H3,(H,28,29). The SMILES string of the molecule is Cc1cnc(-c2ccc(C3(C(=O)Nc4ccc(F)cc4)COC3)nc2)c(C(C)(C)O)c1. The number of aryl methyl sites for hydroxylation is 1. The highest BCUT2D eigenvalue weighted by Gasteiger charge is 2.49. The number of pyridine rings is 2. The number of aliphatic hydroxyl groups is 1. The van der Waals surface area contributed by atoms with E-state index in [2.05, 4.69) is 15.3 Å². The highest BCUT2D eigenvalue weighted by Crippen LogP contribution is 2.35. The first-order chi connectivity index (χ1) is 14.7. The maximum absolute atomic E-state index is 13.1. The van der Waals surface area contributed by atoms with Gasteiger partial charge in [-0.2, -0.15) is 0 Å². The summed E-state index contributed by atoms with van der Waals surface area (Å²) in [5.41, 5.74) is 2.16. The van der Waals surface area contributed by atoms with Crippen molar-refractivity contribution in [2.75, 3.05) is 18.5 Å². The molecule has 0 atom stereocenters. The van der Waals surface area contributed by atoms with E-state index in [0.717, 1.165) is 11.1 Å². The number of halogens is 1. The van der Waals surface area contributed by atoms with Crippen LogP contribution in [-0.2, 0) is 20.5 Å². The van der Waals surface area contributed by atoms with Crippen molar-refractivity contribution in [2.45, 2.75) is 31.8 Å². The summed E-state index contributed by atoms with van der Waals surface area (Å²) in [5.74, 6) is -0.622. The minimum Gasteiger partial charge on any atom is -0.386 e. The van der Waals surface area contributed by atoms with E-state index in [-0.39, 0.29) is 24.9 Å². The number of hydrogen-bond acceptors (Lipinski definition) is 5. The van der Waals surface area contributed by atoms with Crippen LogP contribution in [0.3, 0.4) is 0 Å². The van der Waals surface area contributed by atoms with Crippen LogP contribution < -0.4 is 5.32 Å². The number of carbonyl (C=O) groups is 1. The van der Waals surface area contributed by atoms with E-state index in [9.17, 15) is 14.3 Å². The van der Waals surface area contributed by atoms with Crippen molar-refractivity contribution in [1.29, 1.82) is 0 Å². The number of nitrogens with one attached hydrogen (secondary N) is 1. The van der Waals surface area contributed by atoms with Gasteiger partial charge in [0.15, 0.2) is 0 Å². The molecule has 2 aromatic heterocycles. The summed E-state index contributed by atoms with van der Waals surface area (Å²) < 4.78 is 18.5. The zero-order chi connectivity index (χ0) is 22.2. The molecule has 7 heteroatoms. The van der Waals surface area contributed by atoms with Crippen molar-refractivity contribution in [3.63, 3.8) is 0 Å². The number of hydrogen-bond donors (Lipinski definition) is 2. The number of aromatic nitrogens is 2. The topological polar surface area (TPSA) is 84.3 Å². The maximum atomic E-state index is 13.1. The molecule has 3 heterocycles. The van der Waals surface area contributed by atoms with Crippen LogP contribution in [0.5, 0.6) is 0 Å². The van der Waals surface area contributed by atoms with Gasteiger partial charge in [0.05, 0.1) is 30.2 Å². The van der Waals surface area contributed by atoms with Crippen LogP contribution >= 0.6 is 0 Å². The van der Waals surface area contributed by atoms with Crippen molar-refractivity contribution in [2.24, 2.45) is 0 Å². The molecule has 0 saturated carbocycles. The van der Waals surface area contributed by atoms with Gasteiger partial charge in [0.25, 0.3) is 0 Å². The molecule has 1 aliphatic heterocycles.